The number of nitrogens with zero attached hydrogens (tertiary/aromatic N) is 2. The molecule has 4 heterocycles. The van der Waals surface area contributed by atoms with Crippen LogP contribution in [0.5, 0.6) is 0 Å². The maximum atomic E-state index is 12.9. The minimum absolute atomic E-state index is 0.106. The van der Waals surface area contributed by atoms with Crippen LogP contribution in [-0.4, -0.2) is 36.3 Å². The molecule has 0 radical (unpaired) electrons. The van der Waals surface area contributed by atoms with Crippen LogP contribution in [0.1, 0.15) is 28.9 Å². The highest BCUT2D eigenvalue weighted by Gasteiger charge is 2.49. The van der Waals surface area contributed by atoms with Crippen LogP contribution in [0.4, 0.5) is 5.69 Å². The maximum absolute atomic E-state index is 12.9. The average molecular weight is 346 g/mol. The second-order valence-electron chi connectivity index (χ2n) is 6.24. The molecule has 0 aliphatic carbocycles. The summed E-state index contributed by atoms with van der Waals surface area (Å²) >= 11 is 3.10. The fourth-order valence-electron chi connectivity index (χ4n) is 3.64. The lowest BCUT2D eigenvalue weighted by Gasteiger charge is -2.37. The molecule has 2 fully saturated rings. The first-order chi connectivity index (χ1) is 11.2. The van der Waals surface area contributed by atoms with Crippen molar-refractivity contribution in [1.82, 2.24) is 4.90 Å². The highest BCUT2D eigenvalue weighted by atomic mass is 32.1. The van der Waals surface area contributed by atoms with E-state index in [1.807, 2.05) is 44.1 Å². The third-order valence-electron chi connectivity index (χ3n) is 5.07. The summed E-state index contributed by atoms with van der Waals surface area (Å²) in [6, 6.07) is 5.79. The van der Waals surface area contributed by atoms with Crippen molar-refractivity contribution in [2.24, 2.45) is 5.41 Å². The smallest absolute Gasteiger partial charge is 0.263 e. The van der Waals surface area contributed by atoms with Crippen LogP contribution < -0.4 is 4.90 Å². The van der Waals surface area contributed by atoms with Gasteiger partial charge in [-0.05, 0) is 42.2 Å². The molecule has 4 rings (SSSR count). The predicted octanol–water partition coefficient (Wildman–Crippen LogP) is 3.47. The van der Waals surface area contributed by atoms with E-state index in [0.717, 1.165) is 36.4 Å². The van der Waals surface area contributed by atoms with Crippen molar-refractivity contribution in [2.45, 2.75) is 19.3 Å². The largest absolute Gasteiger partial charge is 0.338 e. The highest BCUT2D eigenvalue weighted by Crippen LogP contribution is 2.43. The molecule has 2 aromatic heterocycles. The zero-order chi connectivity index (χ0) is 15.9. The molecule has 23 heavy (non-hydrogen) atoms. The van der Waals surface area contributed by atoms with Gasteiger partial charge in [0.1, 0.15) is 0 Å². The number of carbonyl (C=O) groups excluding carboxylic acids is 2. The van der Waals surface area contributed by atoms with Gasteiger partial charge < -0.3 is 9.80 Å². The first-order valence-electron chi connectivity index (χ1n) is 7.87. The van der Waals surface area contributed by atoms with Gasteiger partial charge >= 0.3 is 0 Å². The fraction of sp³-hybridized carbons (Fsp3) is 0.412. The van der Waals surface area contributed by atoms with Gasteiger partial charge in [0.05, 0.1) is 16.0 Å². The molecule has 2 aromatic rings. The number of anilines is 1. The summed E-state index contributed by atoms with van der Waals surface area (Å²) < 4.78 is 0. The van der Waals surface area contributed by atoms with Crippen LogP contribution in [0.15, 0.2) is 34.3 Å². The minimum atomic E-state index is -0.256. The molecule has 2 amide bonds. The van der Waals surface area contributed by atoms with Crippen LogP contribution in [0.3, 0.4) is 0 Å². The summed E-state index contributed by atoms with van der Waals surface area (Å²) in [6.45, 7) is 2.16. The molecular weight excluding hydrogens is 328 g/mol. The number of hydrogen-bond acceptors (Lipinski definition) is 4. The Kier molecular flexibility index (Phi) is 3.73. The topological polar surface area (TPSA) is 40.6 Å². The van der Waals surface area contributed by atoms with Gasteiger partial charge in [0.15, 0.2) is 0 Å². The van der Waals surface area contributed by atoms with E-state index in [0.29, 0.717) is 13.1 Å². The summed E-state index contributed by atoms with van der Waals surface area (Å²) in [4.78, 5) is 30.0. The van der Waals surface area contributed by atoms with Crippen molar-refractivity contribution in [2.75, 3.05) is 24.5 Å². The van der Waals surface area contributed by atoms with Crippen LogP contribution in [-0.2, 0) is 4.79 Å². The van der Waals surface area contributed by atoms with Crippen LogP contribution in [0.25, 0.3) is 0 Å². The Morgan fingerprint density at radius 3 is 2.52 bits per heavy atom. The first-order valence-corrected chi connectivity index (χ1v) is 9.69. The van der Waals surface area contributed by atoms with E-state index in [9.17, 15) is 9.59 Å². The molecule has 0 aromatic carbocycles. The number of carbonyl (C=O) groups is 2. The zero-order valence-electron chi connectivity index (χ0n) is 12.7. The summed E-state index contributed by atoms with van der Waals surface area (Å²) in [5.74, 6) is 0.356. The molecule has 4 nitrogen and oxygen atoms in total. The molecule has 0 N–H and O–H groups in total. The molecule has 0 atom stereocenters. The van der Waals surface area contributed by atoms with Crippen LogP contribution >= 0.6 is 22.7 Å². The molecule has 2 aliphatic rings. The van der Waals surface area contributed by atoms with E-state index in [1.165, 1.54) is 11.3 Å². The van der Waals surface area contributed by atoms with Gasteiger partial charge in [-0.2, -0.15) is 11.3 Å². The zero-order valence-corrected chi connectivity index (χ0v) is 14.4. The van der Waals surface area contributed by atoms with E-state index < -0.39 is 0 Å². The second-order valence-corrected chi connectivity index (χ2v) is 7.97. The van der Waals surface area contributed by atoms with Gasteiger partial charge in [-0.3, -0.25) is 9.59 Å². The summed E-state index contributed by atoms with van der Waals surface area (Å²) in [5, 5.41) is 5.97. The van der Waals surface area contributed by atoms with E-state index in [4.69, 9.17) is 0 Å². The van der Waals surface area contributed by atoms with E-state index in [2.05, 4.69) is 0 Å². The number of hydrogen-bond donors (Lipinski definition) is 0. The molecule has 0 saturated carbocycles. The molecule has 0 unspecified atom stereocenters. The van der Waals surface area contributed by atoms with Crippen molar-refractivity contribution in [1.29, 1.82) is 0 Å². The minimum Gasteiger partial charge on any atom is -0.338 e. The summed E-state index contributed by atoms with van der Waals surface area (Å²) in [6.07, 6.45) is 2.47. The average Bonchev–Trinajstić information content (AvgIpc) is 3.31. The molecule has 6 heteroatoms. The molecular formula is C17H18N2O2S2. The number of likely N-dealkylation sites (tertiary alicyclic amines) is 1. The quantitative estimate of drug-likeness (QED) is 0.835. The third kappa shape index (κ3) is 2.50. The highest BCUT2D eigenvalue weighted by molar-refractivity contribution is 7.12. The van der Waals surface area contributed by atoms with Gasteiger partial charge in [-0.1, -0.05) is 6.07 Å². The number of thiophene rings is 2. The van der Waals surface area contributed by atoms with E-state index in [1.54, 1.807) is 11.3 Å². The molecule has 120 valence electrons. The van der Waals surface area contributed by atoms with Crippen LogP contribution in [0, 0.1) is 5.41 Å². The van der Waals surface area contributed by atoms with Crippen molar-refractivity contribution < 1.29 is 9.59 Å². The first kappa shape index (κ1) is 14.9. The predicted molar refractivity (Wildman–Crippen MR) is 93.2 cm³/mol. The lowest BCUT2D eigenvalue weighted by Crippen LogP contribution is -2.46. The number of piperidine rings is 1. The van der Waals surface area contributed by atoms with Crippen molar-refractivity contribution >= 4 is 40.2 Å². The number of amides is 2. The Labute approximate surface area is 143 Å². The lowest BCUT2D eigenvalue weighted by molar-refractivity contribution is -0.127. The Morgan fingerprint density at radius 1 is 1.09 bits per heavy atom. The fourth-order valence-corrected chi connectivity index (χ4v) is 4.97. The van der Waals surface area contributed by atoms with Crippen molar-refractivity contribution in [3.05, 3.63) is 39.2 Å². The van der Waals surface area contributed by atoms with E-state index in [-0.39, 0.29) is 17.2 Å². The van der Waals surface area contributed by atoms with Crippen molar-refractivity contribution in [3.63, 3.8) is 0 Å². The standard InChI is InChI=1S/C17H18N2O2S2/c20-15(14-2-1-10-23-14)18-7-4-17(5-8-18)6-9-19(16(17)21)13-3-11-22-12-13/h1-3,10-12H,4-9H2. The van der Waals surface area contributed by atoms with Crippen LogP contribution in [0.2, 0.25) is 0 Å². The number of rotatable bonds is 2. The Morgan fingerprint density at radius 2 is 1.87 bits per heavy atom. The van der Waals surface area contributed by atoms with Gasteiger partial charge in [-0.15, -0.1) is 11.3 Å². The Bertz CT molecular complexity index is 701. The van der Waals surface area contributed by atoms with E-state index >= 15 is 0 Å². The Balaban J connectivity index is 1.45. The van der Waals surface area contributed by atoms with Crippen molar-refractivity contribution in [3.8, 4) is 0 Å². The SMILES string of the molecule is O=C(c1cccs1)N1CCC2(CC1)CCN(c1ccsc1)C2=O. The monoisotopic (exact) mass is 346 g/mol. The Hall–Kier alpha value is -1.66. The van der Waals surface area contributed by atoms with Gasteiger partial charge in [-0.25, -0.2) is 0 Å². The van der Waals surface area contributed by atoms with Gasteiger partial charge in [0.2, 0.25) is 5.91 Å². The maximum Gasteiger partial charge on any atom is 0.263 e. The van der Waals surface area contributed by atoms with Gasteiger partial charge in [0.25, 0.3) is 5.91 Å². The lowest BCUT2D eigenvalue weighted by atomic mass is 9.77. The normalized spacial score (nSPS) is 20.4. The molecule has 1 spiro atoms. The third-order valence-corrected chi connectivity index (χ3v) is 6.60. The molecule has 2 aliphatic heterocycles. The van der Waals surface area contributed by atoms with Gasteiger partial charge in [0, 0.05) is 25.0 Å². The summed E-state index contributed by atoms with van der Waals surface area (Å²) in [5.41, 5.74) is 0.766. The second kappa shape index (κ2) is 5.76. The summed E-state index contributed by atoms with van der Waals surface area (Å²) in [7, 11) is 0. The molecule has 2 saturated heterocycles. The molecule has 0 bridgehead atoms.